The average molecular weight is 282 g/mol. The van der Waals surface area contributed by atoms with Crippen LogP contribution in [0.25, 0.3) is 0 Å². The highest BCUT2D eigenvalue weighted by molar-refractivity contribution is 5.85. The number of benzene rings is 1. The molecular weight excluding hydrogens is 258 g/mol. The van der Waals surface area contributed by atoms with Gasteiger partial charge in [-0.25, -0.2) is 0 Å². The molecule has 1 N–H and O–H groups in total. The molecule has 0 radical (unpaired) electrons. The van der Waals surface area contributed by atoms with Crippen LogP contribution in [-0.4, -0.2) is 19.7 Å². The SMILES string of the molecule is Cc1ccc(C2CCNCC2)c(OCC2CC2)c1.Cl. The lowest BCUT2D eigenvalue weighted by Crippen LogP contribution is -2.26. The Morgan fingerprint density at radius 2 is 1.89 bits per heavy atom. The second kappa shape index (κ2) is 6.62. The normalized spacial score (nSPS) is 19.8. The maximum Gasteiger partial charge on any atom is 0.123 e. The number of rotatable bonds is 4. The third kappa shape index (κ3) is 3.87. The maximum atomic E-state index is 6.07. The highest BCUT2D eigenvalue weighted by Crippen LogP contribution is 2.35. The van der Waals surface area contributed by atoms with E-state index in [0.717, 1.165) is 31.4 Å². The average Bonchev–Trinajstić information content (AvgIpc) is 3.21. The predicted octanol–water partition coefficient (Wildman–Crippen LogP) is 3.67. The summed E-state index contributed by atoms with van der Waals surface area (Å²) in [5, 5.41) is 3.43. The van der Waals surface area contributed by atoms with Crippen molar-refractivity contribution in [1.82, 2.24) is 5.32 Å². The van der Waals surface area contributed by atoms with Gasteiger partial charge in [-0.3, -0.25) is 0 Å². The second-order valence-electron chi connectivity index (χ2n) is 5.82. The summed E-state index contributed by atoms with van der Waals surface area (Å²) in [6, 6.07) is 6.73. The van der Waals surface area contributed by atoms with Crippen molar-refractivity contribution in [3.8, 4) is 5.75 Å². The predicted molar refractivity (Wildman–Crippen MR) is 81.5 cm³/mol. The minimum atomic E-state index is 0. The number of piperidine rings is 1. The van der Waals surface area contributed by atoms with Crippen LogP contribution < -0.4 is 10.1 Å². The second-order valence-corrected chi connectivity index (χ2v) is 5.82. The van der Waals surface area contributed by atoms with Gasteiger partial charge in [0.2, 0.25) is 0 Å². The van der Waals surface area contributed by atoms with E-state index in [-0.39, 0.29) is 12.4 Å². The molecule has 1 saturated carbocycles. The van der Waals surface area contributed by atoms with Gasteiger partial charge in [0, 0.05) is 0 Å². The summed E-state index contributed by atoms with van der Waals surface area (Å²) in [7, 11) is 0. The van der Waals surface area contributed by atoms with Crippen LogP contribution in [-0.2, 0) is 0 Å². The van der Waals surface area contributed by atoms with Gasteiger partial charge >= 0.3 is 0 Å². The first-order valence-electron chi connectivity index (χ1n) is 7.27. The van der Waals surface area contributed by atoms with Gasteiger partial charge in [0.1, 0.15) is 5.75 Å². The summed E-state index contributed by atoms with van der Waals surface area (Å²) in [4.78, 5) is 0. The van der Waals surface area contributed by atoms with Gasteiger partial charge in [-0.05, 0) is 74.7 Å². The molecule has 3 heteroatoms. The van der Waals surface area contributed by atoms with E-state index in [1.54, 1.807) is 0 Å². The summed E-state index contributed by atoms with van der Waals surface area (Å²) >= 11 is 0. The molecule has 3 rings (SSSR count). The molecule has 0 atom stereocenters. The molecule has 2 fully saturated rings. The van der Waals surface area contributed by atoms with Gasteiger partial charge in [0.05, 0.1) is 6.61 Å². The lowest BCUT2D eigenvalue weighted by atomic mass is 9.89. The highest BCUT2D eigenvalue weighted by Gasteiger charge is 2.24. The third-order valence-corrected chi connectivity index (χ3v) is 4.12. The van der Waals surface area contributed by atoms with Crippen LogP contribution >= 0.6 is 12.4 Å². The van der Waals surface area contributed by atoms with Crippen LogP contribution in [0.2, 0.25) is 0 Å². The van der Waals surface area contributed by atoms with Crippen LogP contribution in [0.3, 0.4) is 0 Å². The maximum absolute atomic E-state index is 6.07. The Kier molecular flexibility index (Phi) is 5.12. The number of hydrogen-bond donors (Lipinski definition) is 1. The number of hydrogen-bond acceptors (Lipinski definition) is 2. The molecular formula is C16H24ClNO. The number of ether oxygens (including phenoxy) is 1. The fourth-order valence-electron chi connectivity index (χ4n) is 2.73. The molecule has 2 aliphatic rings. The molecule has 1 aliphatic carbocycles. The molecule has 1 saturated heterocycles. The molecule has 1 aliphatic heterocycles. The number of aryl methyl sites for hydroxylation is 1. The van der Waals surface area contributed by atoms with E-state index < -0.39 is 0 Å². The third-order valence-electron chi connectivity index (χ3n) is 4.12. The van der Waals surface area contributed by atoms with Crippen molar-refractivity contribution >= 4 is 12.4 Å². The molecule has 0 unspecified atom stereocenters. The Morgan fingerprint density at radius 1 is 1.16 bits per heavy atom. The first-order chi connectivity index (χ1) is 8.83. The first-order valence-corrected chi connectivity index (χ1v) is 7.27. The smallest absolute Gasteiger partial charge is 0.123 e. The minimum absolute atomic E-state index is 0. The zero-order valence-electron chi connectivity index (χ0n) is 11.7. The van der Waals surface area contributed by atoms with Gasteiger partial charge in [-0.1, -0.05) is 12.1 Å². The van der Waals surface area contributed by atoms with Gasteiger partial charge in [-0.2, -0.15) is 0 Å². The van der Waals surface area contributed by atoms with Gasteiger partial charge in [0.15, 0.2) is 0 Å². The van der Waals surface area contributed by atoms with Crippen molar-refractivity contribution in [3.63, 3.8) is 0 Å². The summed E-state index contributed by atoms with van der Waals surface area (Å²) in [5.41, 5.74) is 2.74. The fraction of sp³-hybridized carbons (Fsp3) is 0.625. The standard InChI is InChI=1S/C16H23NO.ClH/c1-12-2-5-15(14-6-8-17-9-7-14)16(10-12)18-11-13-3-4-13;/h2,5,10,13-14,17H,3-4,6-9,11H2,1H3;1H. The van der Waals surface area contributed by atoms with Crippen molar-refractivity contribution < 1.29 is 4.74 Å². The van der Waals surface area contributed by atoms with E-state index in [1.807, 2.05) is 0 Å². The quantitative estimate of drug-likeness (QED) is 0.909. The largest absolute Gasteiger partial charge is 0.493 e. The van der Waals surface area contributed by atoms with Crippen molar-refractivity contribution in [2.24, 2.45) is 5.92 Å². The van der Waals surface area contributed by atoms with E-state index in [4.69, 9.17) is 4.74 Å². The number of halogens is 1. The molecule has 19 heavy (non-hydrogen) atoms. The fourth-order valence-corrected chi connectivity index (χ4v) is 2.73. The highest BCUT2D eigenvalue weighted by atomic mass is 35.5. The van der Waals surface area contributed by atoms with Crippen LogP contribution in [0.1, 0.15) is 42.7 Å². The molecule has 106 valence electrons. The molecule has 0 aromatic heterocycles. The summed E-state index contributed by atoms with van der Waals surface area (Å²) in [6.45, 7) is 5.35. The van der Waals surface area contributed by atoms with Crippen molar-refractivity contribution in [3.05, 3.63) is 29.3 Å². The lowest BCUT2D eigenvalue weighted by Gasteiger charge is -2.25. The van der Waals surface area contributed by atoms with Crippen LogP contribution in [0.4, 0.5) is 0 Å². The summed E-state index contributed by atoms with van der Waals surface area (Å²) in [5.74, 6) is 2.65. The molecule has 0 spiro atoms. The monoisotopic (exact) mass is 281 g/mol. The summed E-state index contributed by atoms with van der Waals surface area (Å²) < 4.78 is 6.07. The summed E-state index contributed by atoms with van der Waals surface area (Å²) in [6.07, 6.45) is 5.19. The molecule has 1 aromatic rings. The van der Waals surface area contributed by atoms with Gasteiger partial charge in [0.25, 0.3) is 0 Å². The van der Waals surface area contributed by atoms with Gasteiger partial charge in [-0.15, -0.1) is 12.4 Å². The molecule has 2 nitrogen and oxygen atoms in total. The van der Waals surface area contributed by atoms with Crippen LogP contribution in [0.5, 0.6) is 5.75 Å². The molecule has 1 heterocycles. The van der Waals surface area contributed by atoms with Crippen molar-refractivity contribution in [1.29, 1.82) is 0 Å². The topological polar surface area (TPSA) is 21.3 Å². The van der Waals surface area contributed by atoms with Crippen LogP contribution in [0.15, 0.2) is 18.2 Å². The van der Waals surface area contributed by atoms with E-state index in [2.05, 4.69) is 30.4 Å². The Hall–Kier alpha value is -0.730. The molecule has 0 bridgehead atoms. The zero-order valence-corrected chi connectivity index (χ0v) is 12.5. The van der Waals surface area contributed by atoms with Crippen LogP contribution in [0, 0.1) is 12.8 Å². The van der Waals surface area contributed by atoms with E-state index in [9.17, 15) is 0 Å². The van der Waals surface area contributed by atoms with E-state index in [1.165, 1.54) is 36.8 Å². The minimum Gasteiger partial charge on any atom is -0.493 e. The lowest BCUT2D eigenvalue weighted by molar-refractivity contribution is 0.292. The zero-order chi connectivity index (χ0) is 12.4. The number of nitrogens with one attached hydrogen (secondary N) is 1. The Labute approximate surface area is 122 Å². The Morgan fingerprint density at radius 3 is 2.58 bits per heavy atom. The van der Waals surface area contributed by atoms with E-state index >= 15 is 0 Å². The Balaban J connectivity index is 0.00000133. The van der Waals surface area contributed by atoms with Crippen molar-refractivity contribution in [2.45, 2.75) is 38.5 Å². The van der Waals surface area contributed by atoms with Crippen molar-refractivity contribution in [2.75, 3.05) is 19.7 Å². The molecule has 1 aromatic carbocycles. The first kappa shape index (κ1) is 14.7. The van der Waals surface area contributed by atoms with E-state index in [0.29, 0.717) is 5.92 Å². The molecule has 0 amide bonds. The Bertz CT molecular complexity index is 411. The van der Waals surface area contributed by atoms with Gasteiger partial charge < -0.3 is 10.1 Å².